The highest BCUT2D eigenvalue weighted by atomic mass is 15.2. The van der Waals surface area contributed by atoms with E-state index < -0.39 is 0 Å². The molecule has 318 valence electrons. The van der Waals surface area contributed by atoms with E-state index in [1.807, 2.05) is 0 Å². The van der Waals surface area contributed by atoms with Crippen LogP contribution in [0, 0.1) is 6.92 Å². The first-order chi connectivity index (χ1) is 32.3. The van der Waals surface area contributed by atoms with Crippen molar-refractivity contribution in [3.05, 3.63) is 245 Å². The molecule has 0 aromatic heterocycles. The topological polar surface area (TPSA) is 6.48 Å². The van der Waals surface area contributed by atoms with Crippen molar-refractivity contribution in [2.24, 2.45) is 0 Å². The lowest BCUT2D eigenvalue weighted by atomic mass is 9.75. The minimum atomic E-state index is -0.169. The smallest absolute Gasteiger partial charge is 0.0497 e. The van der Waals surface area contributed by atoms with Gasteiger partial charge in [-0.1, -0.05) is 166 Å². The fourth-order valence-corrected chi connectivity index (χ4v) is 10.9. The quantitative estimate of drug-likeness (QED) is 0.116. The van der Waals surface area contributed by atoms with Crippen LogP contribution in [0.15, 0.2) is 200 Å². The molecule has 0 saturated heterocycles. The van der Waals surface area contributed by atoms with Gasteiger partial charge in [0.15, 0.2) is 0 Å². The van der Waals surface area contributed by atoms with E-state index in [4.69, 9.17) is 0 Å². The lowest BCUT2D eigenvalue weighted by Gasteiger charge is -2.34. The average Bonchev–Trinajstić information content (AvgIpc) is 3.36. The molecule has 0 fully saturated rings. The number of hydrogen-bond acceptors (Lipinski definition) is 2. The Bertz CT molecular complexity index is 3510. The van der Waals surface area contributed by atoms with Crippen molar-refractivity contribution in [2.75, 3.05) is 16.3 Å². The molecule has 0 atom stereocenters. The summed E-state index contributed by atoms with van der Waals surface area (Å²) in [5.41, 5.74) is 19.2. The van der Waals surface area contributed by atoms with Crippen LogP contribution in [-0.4, -0.2) is 6.54 Å². The van der Waals surface area contributed by atoms with E-state index in [0.29, 0.717) is 0 Å². The minimum absolute atomic E-state index is 0.169. The molecule has 0 saturated carbocycles. The van der Waals surface area contributed by atoms with Crippen LogP contribution < -0.4 is 9.80 Å². The summed E-state index contributed by atoms with van der Waals surface area (Å²) in [5, 5.41) is 7.53. The van der Waals surface area contributed by atoms with Gasteiger partial charge in [-0.25, -0.2) is 0 Å². The number of hydrogen-bond donors (Lipinski definition) is 0. The Morgan fingerprint density at radius 1 is 0.455 bits per heavy atom. The lowest BCUT2D eigenvalue weighted by Crippen LogP contribution is -2.26. The van der Waals surface area contributed by atoms with Gasteiger partial charge in [-0.05, 0) is 168 Å². The van der Waals surface area contributed by atoms with Crippen LogP contribution in [0.25, 0.3) is 55.6 Å². The number of para-hydroxylation sites is 3. The van der Waals surface area contributed by atoms with Crippen molar-refractivity contribution in [3.63, 3.8) is 0 Å². The van der Waals surface area contributed by atoms with Crippen LogP contribution in [0.1, 0.15) is 64.8 Å². The third-order valence-electron chi connectivity index (χ3n) is 14.5. The van der Waals surface area contributed by atoms with Gasteiger partial charge in [-0.3, -0.25) is 0 Å². The summed E-state index contributed by atoms with van der Waals surface area (Å²) >= 11 is 0. The lowest BCUT2D eigenvalue weighted by molar-refractivity contribution is 0.635. The molecule has 0 unspecified atom stereocenters. The van der Waals surface area contributed by atoms with Gasteiger partial charge >= 0.3 is 0 Å². The van der Waals surface area contributed by atoms with Gasteiger partial charge in [-0.15, -0.1) is 0 Å². The molecule has 2 heteroatoms. The SMILES string of the molecule is Cc1ccc(N2CCCc3ccccc32)cc1C(C)(C)c1cccc(/C=C/c2ccc3cc(-c4ccc5c(ccc6cc(N7c8ccccc8Cc8ccccc87)ccc65)c4)ccc3c2)c1. The van der Waals surface area contributed by atoms with E-state index in [0.717, 1.165) is 19.4 Å². The number of nitrogens with zero attached hydrogens (tertiary/aromatic N) is 2. The van der Waals surface area contributed by atoms with Crippen LogP contribution in [-0.2, 0) is 18.3 Å². The van der Waals surface area contributed by atoms with Crippen LogP contribution in [0.5, 0.6) is 0 Å². The molecule has 2 heterocycles. The molecular weight excluding hydrogens is 797 g/mol. The number of fused-ring (bicyclic) bond motifs is 7. The second-order valence-corrected chi connectivity index (χ2v) is 19.0. The summed E-state index contributed by atoms with van der Waals surface area (Å²) < 4.78 is 0. The molecule has 2 nitrogen and oxygen atoms in total. The van der Waals surface area contributed by atoms with Gasteiger partial charge in [0.25, 0.3) is 0 Å². The van der Waals surface area contributed by atoms with Crippen LogP contribution in [0.3, 0.4) is 0 Å². The average molecular weight is 849 g/mol. The number of benzene rings is 10. The molecule has 2 aliphatic heterocycles. The molecule has 10 aromatic carbocycles. The highest BCUT2D eigenvalue weighted by Gasteiger charge is 2.28. The summed E-state index contributed by atoms with van der Waals surface area (Å²) in [6, 6.07) is 74.8. The third kappa shape index (κ3) is 7.05. The van der Waals surface area contributed by atoms with E-state index >= 15 is 0 Å². The molecule has 66 heavy (non-hydrogen) atoms. The summed E-state index contributed by atoms with van der Waals surface area (Å²) in [6.07, 6.45) is 7.79. The molecule has 0 bridgehead atoms. The highest BCUT2D eigenvalue weighted by Crippen LogP contribution is 2.45. The summed E-state index contributed by atoms with van der Waals surface area (Å²) in [5.74, 6) is 0. The predicted molar refractivity (Wildman–Crippen MR) is 282 cm³/mol. The van der Waals surface area contributed by atoms with E-state index in [9.17, 15) is 0 Å². The third-order valence-corrected chi connectivity index (χ3v) is 14.5. The molecule has 10 aromatic rings. The maximum atomic E-state index is 2.51. The Balaban J connectivity index is 0.783. The Labute approximate surface area is 388 Å². The predicted octanol–water partition coefficient (Wildman–Crippen LogP) is 17.1. The monoisotopic (exact) mass is 848 g/mol. The Morgan fingerprint density at radius 2 is 1.05 bits per heavy atom. The standard InChI is InChI=1S/C64H52N2/c1-43-21-31-56(65-35-11-16-46-13-4-7-18-61(46)65)42-60(43)64(2,3)55-17-10-12-44(37-55)22-23-45-24-25-48-38-49(27-26-47(48)36-45)50-30-33-58-51(39-50)28-29-52-41-57(32-34-59(52)58)66-62-19-8-5-14-53(62)40-54-15-6-9-20-63(54)66/h4-10,12-15,17-34,36-39,41-42H,11,16,35,40H2,1-3H3/b23-22+. The normalized spacial score (nSPS) is 13.6. The largest absolute Gasteiger partial charge is 0.341 e. The van der Waals surface area contributed by atoms with Crippen molar-refractivity contribution in [1.29, 1.82) is 0 Å². The molecule has 2 aliphatic rings. The van der Waals surface area contributed by atoms with Gasteiger partial charge in [0, 0.05) is 46.8 Å². The number of anilines is 5. The van der Waals surface area contributed by atoms with E-state index in [-0.39, 0.29) is 5.41 Å². The second kappa shape index (κ2) is 16.1. The van der Waals surface area contributed by atoms with E-state index in [1.54, 1.807) is 0 Å². The molecule has 0 aliphatic carbocycles. The van der Waals surface area contributed by atoms with Crippen LogP contribution >= 0.6 is 0 Å². The first-order valence-electron chi connectivity index (χ1n) is 23.6. The first-order valence-corrected chi connectivity index (χ1v) is 23.6. The molecule has 12 rings (SSSR count). The zero-order valence-corrected chi connectivity index (χ0v) is 37.9. The number of aryl methyl sites for hydroxylation is 2. The van der Waals surface area contributed by atoms with Crippen molar-refractivity contribution in [3.8, 4) is 11.1 Å². The van der Waals surface area contributed by atoms with Gasteiger partial charge in [-0.2, -0.15) is 0 Å². The minimum Gasteiger partial charge on any atom is -0.341 e. The van der Waals surface area contributed by atoms with Crippen molar-refractivity contribution in [1.82, 2.24) is 0 Å². The summed E-state index contributed by atoms with van der Waals surface area (Å²) in [7, 11) is 0. The Kier molecular flexibility index (Phi) is 9.72. The van der Waals surface area contributed by atoms with Gasteiger partial charge in [0.05, 0.1) is 0 Å². The summed E-state index contributed by atoms with van der Waals surface area (Å²) in [6.45, 7) is 8.04. The molecule has 0 N–H and O–H groups in total. The Hall–Kier alpha value is -7.68. The molecular formula is C64H52N2. The van der Waals surface area contributed by atoms with Crippen LogP contribution in [0.2, 0.25) is 0 Å². The summed E-state index contributed by atoms with van der Waals surface area (Å²) in [4.78, 5) is 4.94. The zero-order chi connectivity index (χ0) is 44.4. The maximum absolute atomic E-state index is 2.51. The molecule has 0 radical (unpaired) electrons. The van der Waals surface area contributed by atoms with Gasteiger partial charge in [0.2, 0.25) is 0 Å². The first kappa shape index (κ1) is 39.9. The number of rotatable bonds is 7. The van der Waals surface area contributed by atoms with E-state index in [1.165, 1.54) is 123 Å². The Morgan fingerprint density at radius 3 is 1.82 bits per heavy atom. The second-order valence-electron chi connectivity index (χ2n) is 19.0. The van der Waals surface area contributed by atoms with Gasteiger partial charge in [0.1, 0.15) is 0 Å². The van der Waals surface area contributed by atoms with Crippen molar-refractivity contribution >= 4 is 72.9 Å². The highest BCUT2D eigenvalue weighted by molar-refractivity contribution is 6.10. The molecule has 0 spiro atoms. The zero-order valence-electron chi connectivity index (χ0n) is 37.9. The van der Waals surface area contributed by atoms with Gasteiger partial charge < -0.3 is 9.80 Å². The fraction of sp³-hybridized carbons (Fsp3) is 0.125. The van der Waals surface area contributed by atoms with E-state index in [2.05, 4.69) is 243 Å². The van der Waals surface area contributed by atoms with Crippen molar-refractivity contribution in [2.45, 2.75) is 45.4 Å². The van der Waals surface area contributed by atoms with Crippen molar-refractivity contribution < 1.29 is 0 Å². The van der Waals surface area contributed by atoms with Crippen LogP contribution in [0.4, 0.5) is 28.4 Å². The maximum Gasteiger partial charge on any atom is 0.0497 e. The fourth-order valence-electron chi connectivity index (χ4n) is 10.9. The molecule has 0 amide bonds.